The number of methoxy groups -OCH3 is 1. The Balaban J connectivity index is 2.00. The van der Waals surface area contributed by atoms with E-state index in [1.165, 1.54) is 5.57 Å². The molecule has 1 aromatic carbocycles. The summed E-state index contributed by atoms with van der Waals surface area (Å²) in [6.07, 6.45) is 7.91. The molecular formula is C17H20N2O2. The predicted molar refractivity (Wildman–Crippen MR) is 81.8 cm³/mol. The van der Waals surface area contributed by atoms with Crippen LogP contribution in [0.2, 0.25) is 0 Å². The second kappa shape index (κ2) is 5.37. The second-order valence-corrected chi connectivity index (χ2v) is 5.65. The van der Waals surface area contributed by atoms with Gasteiger partial charge in [0.05, 0.1) is 12.6 Å². The van der Waals surface area contributed by atoms with Crippen molar-refractivity contribution in [3.05, 3.63) is 53.6 Å². The van der Waals surface area contributed by atoms with E-state index in [1.807, 2.05) is 30.3 Å². The Labute approximate surface area is 124 Å². The Kier molecular flexibility index (Phi) is 3.55. The fraction of sp³-hybridized carbons (Fsp3) is 0.353. The SMILES string of the molecule is COc1ccccc1[C@@]1(N)C=CC=C2CN(C=O)CCC21. The number of hydrogen-bond acceptors (Lipinski definition) is 3. The third-order valence-corrected chi connectivity index (χ3v) is 4.52. The van der Waals surface area contributed by atoms with Crippen LogP contribution in [0.5, 0.6) is 5.75 Å². The van der Waals surface area contributed by atoms with Gasteiger partial charge in [-0.3, -0.25) is 4.79 Å². The third kappa shape index (κ3) is 2.25. The molecule has 0 radical (unpaired) electrons. The molecule has 0 spiro atoms. The van der Waals surface area contributed by atoms with E-state index < -0.39 is 5.54 Å². The number of fused-ring (bicyclic) bond motifs is 1. The number of likely N-dealkylation sites (tertiary alicyclic amines) is 1. The fourth-order valence-corrected chi connectivity index (χ4v) is 3.44. The molecule has 1 unspecified atom stereocenters. The van der Waals surface area contributed by atoms with Crippen molar-refractivity contribution in [1.82, 2.24) is 4.90 Å². The number of rotatable bonds is 3. The number of carbonyl (C=O) groups excluding carboxylic acids is 1. The zero-order valence-electron chi connectivity index (χ0n) is 12.2. The lowest BCUT2D eigenvalue weighted by molar-refractivity contribution is -0.118. The van der Waals surface area contributed by atoms with E-state index in [-0.39, 0.29) is 5.92 Å². The van der Waals surface area contributed by atoms with E-state index >= 15 is 0 Å². The van der Waals surface area contributed by atoms with Crippen LogP contribution in [0.25, 0.3) is 0 Å². The number of benzene rings is 1. The first-order valence-corrected chi connectivity index (χ1v) is 7.19. The summed E-state index contributed by atoms with van der Waals surface area (Å²) in [5.41, 5.74) is 8.42. The van der Waals surface area contributed by atoms with E-state index in [1.54, 1.807) is 12.0 Å². The number of carbonyl (C=O) groups is 1. The lowest BCUT2D eigenvalue weighted by Crippen LogP contribution is -2.50. The maximum atomic E-state index is 11.0. The number of nitrogens with zero attached hydrogens (tertiary/aromatic N) is 1. The van der Waals surface area contributed by atoms with Crippen LogP contribution in [0, 0.1) is 5.92 Å². The first-order valence-electron chi connectivity index (χ1n) is 7.19. The number of ether oxygens (including phenoxy) is 1. The Hall–Kier alpha value is -2.07. The molecule has 1 aliphatic carbocycles. The first-order chi connectivity index (χ1) is 10.2. The van der Waals surface area contributed by atoms with Gasteiger partial charge in [0.15, 0.2) is 0 Å². The van der Waals surface area contributed by atoms with Crippen LogP contribution in [-0.2, 0) is 10.3 Å². The number of allylic oxidation sites excluding steroid dienone is 2. The molecule has 4 heteroatoms. The summed E-state index contributed by atoms with van der Waals surface area (Å²) < 4.78 is 5.49. The van der Waals surface area contributed by atoms with Crippen molar-refractivity contribution in [3.8, 4) is 5.75 Å². The van der Waals surface area contributed by atoms with Crippen LogP contribution in [0.3, 0.4) is 0 Å². The van der Waals surface area contributed by atoms with Crippen molar-refractivity contribution in [2.24, 2.45) is 11.7 Å². The van der Waals surface area contributed by atoms with Gasteiger partial charge in [-0.25, -0.2) is 0 Å². The fourth-order valence-electron chi connectivity index (χ4n) is 3.44. The van der Waals surface area contributed by atoms with Gasteiger partial charge in [0.1, 0.15) is 5.75 Å². The van der Waals surface area contributed by atoms with Gasteiger partial charge < -0.3 is 15.4 Å². The minimum atomic E-state index is -0.578. The molecule has 1 amide bonds. The van der Waals surface area contributed by atoms with Gasteiger partial charge in [0.2, 0.25) is 6.41 Å². The first kappa shape index (κ1) is 13.9. The van der Waals surface area contributed by atoms with Gasteiger partial charge in [-0.15, -0.1) is 0 Å². The zero-order valence-corrected chi connectivity index (χ0v) is 12.2. The largest absolute Gasteiger partial charge is 0.496 e. The van der Waals surface area contributed by atoms with Crippen LogP contribution in [0.4, 0.5) is 0 Å². The molecule has 0 bridgehead atoms. The highest BCUT2D eigenvalue weighted by Gasteiger charge is 2.41. The monoisotopic (exact) mass is 284 g/mol. The summed E-state index contributed by atoms with van der Waals surface area (Å²) in [5, 5.41) is 0. The Bertz CT molecular complexity index is 609. The smallest absolute Gasteiger partial charge is 0.209 e. The summed E-state index contributed by atoms with van der Waals surface area (Å²) >= 11 is 0. The molecule has 3 rings (SSSR count). The molecule has 1 aliphatic heterocycles. The molecular weight excluding hydrogens is 264 g/mol. The number of nitrogens with two attached hydrogens (primary N) is 1. The van der Waals surface area contributed by atoms with E-state index in [9.17, 15) is 4.79 Å². The van der Waals surface area contributed by atoms with Gasteiger partial charge >= 0.3 is 0 Å². The predicted octanol–water partition coefficient (Wildman–Crippen LogP) is 1.82. The topological polar surface area (TPSA) is 55.6 Å². The average Bonchev–Trinajstić information content (AvgIpc) is 2.54. The zero-order chi connectivity index (χ0) is 14.9. The number of amides is 1. The molecule has 2 atom stereocenters. The number of piperidine rings is 1. The van der Waals surface area contributed by atoms with E-state index in [2.05, 4.69) is 12.2 Å². The minimum absolute atomic E-state index is 0.204. The van der Waals surface area contributed by atoms with Crippen molar-refractivity contribution < 1.29 is 9.53 Å². The van der Waals surface area contributed by atoms with Gasteiger partial charge in [-0.05, 0) is 18.1 Å². The van der Waals surface area contributed by atoms with Crippen LogP contribution in [0.15, 0.2) is 48.1 Å². The third-order valence-electron chi connectivity index (χ3n) is 4.52. The number of hydrogen-bond donors (Lipinski definition) is 1. The quantitative estimate of drug-likeness (QED) is 0.861. The number of para-hydroxylation sites is 1. The molecule has 1 fully saturated rings. The van der Waals surface area contributed by atoms with Crippen LogP contribution in [0.1, 0.15) is 12.0 Å². The normalized spacial score (nSPS) is 27.8. The van der Waals surface area contributed by atoms with Crippen molar-refractivity contribution in [3.63, 3.8) is 0 Å². The van der Waals surface area contributed by atoms with Gasteiger partial charge in [-0.2, -0.15) is 0 Å². The van der Waals surface area contributed by atoms with Crippen molar-refractivity contribution >= 4 is 6.41 Å². The highest BCUT2D eigenvalue weighted by molar-refractivity contribution is 5.51. The second-order valence-electron chi connectivity index (χ2n) is 5.65. The van der Waals surface area contributed by atoms with E-state index in [4.69, 9.17) is 10.5 Å². The molecule has 4 nitrogen and oxygen atoms in total. The molecule has 1 aromatic rings. The maximum Gasteiger partial charge on any atom is 0.209 e. The summed E-state index contributed by atoms with van der Waals surface area (Å²) in [6.45, 7) is 1.40. The van der Waals surface area contributed by atoms with E-state index in [0.717, 1.165) is 30.7 Å². The summed E-state index contributed by atoms with van der Waals surface area (Å²) in [6, 6.07) is 7.90. The standard InChI is InChI=1S/C17H20N2O2/c1-21-16-7-3-2-6-15(16)17(18)9-4-5-13-11-19(12-20)10-8-14(13)17/h2-7,9,12,14H,8,10-11,18H2,1H3/t14?,17-/m1/s1. The molecule has 1 heterocycles. The molecule has 0 saturated carbocycles. The Morgan fingerprint density at radius 3 is 3.00 bits per heavy atom. The molecule has 110 valence electrons. The maximum absolute atomic E-state index is 11.0. The molecule has 2 aliphatic rings. The molecule has 1 saturated heterocycles. The molecule has 2 N–H and O–H groups in total. The summed E-state index contributed by atoms with van der Waals surface area (Å²) in [7, 11) is 1.67. The van der Waals surface area contributed by atoms with Crippen LogP contribution in [-0.4, -0.2) is 31.5 Å². The summed E-state index contributed by atoms with van der Waals surface area (Å²) in [5.74, 6) is 1.01. The molecule has 21 heavy (non-hydrogen) atoms. The van der Waals surface area contributed by atoms with Gasteiger partial charge in [0.25, 0.3) is 0 Å². The average molecular weight is 284 g/mol. The highest BCUT2D eigenvalue weighted by Crippen LogP contribution is 2.43. The van der Waals surface area contributed by atoms with Crippen LogP contribution >= 0.6 is 0 Å². The lowest BCUT2D eigenvalue weighted by Gasteiger charge is -2.44. The summed E-state index contributed by atoms with van der Waals surface area (Å²) in [4.78, 5) is 12.8. The van der Waals surface area contributed by atoms with Gasteiger partial charge in [-0.1, -0.05) is 36.4 Å². The van der Waals surface area contributed by atoms with Crippen molar-refractivity contribution in [2.75, 3.05) is 20.2 Å². The van der Waals surface area contributed by atoms with Crippen molar-refractivity contribution in [1.29, 1.82) is 0 Å². The highest BCUT2D eigenvalue weighted by atomic mass is 16.5. The molecule has 0 aromatic heterocycles. The Morgan fingerprint density at radius 1 is 1.43 bits per heavy atom. The van der Waals surface area contributed by atoms with E-state index in [0.29, 0.717) is 6.54 Å². The van der Waals surface area contributed by atoms with Gasteiger partial charge in [0, 0.05) is 24.6 Å². The van der Waals surface area contributed by atoms with Crippen LogP contribution < -0.4 is 10.5 Å². The minimum Gasteiger partial charge on any atom is -0.496 e. The lowest BCUT2D eigenvalue weighted by atomic mass is 9.69. The van der Waals surface area contributed by atoms with Crippen molar-refractivity contribution in [2.45, 2.75) is 12.0 Å². The Morgan fingerprint density at radius 2 is 2.24 bits per heavy atom.